The van der Waals surface area contributed by atoms with Gasteiger partial charge in [-0.1, -0.05) is 66.7 Å². The zero-order valence-corrected chi connectivity index (χ0v) is 47.4. The normalized spacial score (nSPS) is 17.2. The molecule has 476 valence electrons. The van der Waals surface area contributed by atoms with Crippen molar-refractivity contribution in [3.8, 4) is 17.6 Å². The number of aromatic nitrogens is 2. The summed E-state index contributed by atoms with van der Waals surface area (Å²) >= 11 is 0. The van der Waals surface area contributed by atoms with Crippen LogP contribution in [0.5, 0.6) is 11.5 Å². The number of halogens is 17. The van der Waals surface area contributed by atoms with Crippen LogP contribution in [0.15, 0.2) is 120 Å². The number of benzene rings is 4. The number of nitriles is 1. The number of amides is 1. The highest BCUT2D eigenvalue weighted by atomic mass is 31.2. The van der Waals surface area contributed by atoms with E-state index in [2.05, 4.69) is 10.3 Å². The first-order chi connectivity index (χ1) is 40.4. The maximum atomic E-state index is 15.2. The molecular formula is C56H55F17N5O8P. The average Bonchev–Trinajstić information content (AvgIpc) is 1.03. The molecule has 1 amide bonds. The minimum absolute atomic E-state index is 0.0390. The van der Waals surface area contributed by atoms with E-state index in [0.717, 1.165) is 28.8 Å². The van der Waals surface area contributed by atoms with Crippen LogP contribution in [0, 0.1) is 11.3 Å². The molecule has 1 unspecified atom stereocenters. The molecule has 0 bridgehead atoms. The Bertz CT molecular complexity index is 3150. The van der Waals surface area contributed by atoms with Gasteiger partial charge >= 0.3 is 53.3 Å². The Kier molecular flexibility index (Phi) is 21.2. The van der Waals surface area contributed by atoms with Gasteiger partial charge in [0.25, 0.3) is 14.4 Å². The van der Waals surface area contributed by atoms with Gasteiger partial charge in [0.05, 0.1) is 46.0 Å². The van der Waals surface area contributed by atoms with E-state index in [4.69, 9.17) is 28.0 Å². The summed E-state index contributed by atoms with van der Waals surface area (Å²) in [5.41, 5.74) is -2.55. The molecule has 5 aromatic rings. The van der Waals surface area contributed by atoms with Gasteiger partial charge in [-0.25, -0.2) is 9.46 Å². The van der Waals surface area contributed by atoms with E-state index >= 15 is 8.78 Å². The molecule has 1 aliphatic rings. The average molecular weight is 1280 g/mol. The van der Waals surface area contributed by atoms with Crippen LogP contribution in [0.1, 0.15) is 85.8 Å². The van der Waals surface area contributed by atoms with Gasteiger partial charge in [0, 0.05) is 36.7 Å². The Morgan fingerprint density at radius 3 is 1.64 bits per heavy atom. The number of alkyl halides is 17. The third kappa shape index (κ3) is 13.7. The molecular weight excluding hydrogens is 1220 g/mol. The lowest BCUT2D eigenvalue weighted by Crippen LogP contribution is -2.74. The number of methoxy groups -OCH3 is 2. The number of hydrogen-bond acceptors (Lipinski definition) is 11. The third-order valence-corrected chi connectivity index (χ3v) is 16.0. The van der Waals surface area contributed by atoms with Gasteiger partial charge in [0.15, 0.2) is 0 Å². The van der Waals surface area contributed by atoms with Gasteiger partial charge in [0.1, 0.15) is 35.2 Å². The number of hydrogen-bond donors (Lipinski definition) is 1. The van der Waals surface area contributed by atoms with Crippen molar-refractivity contribution in [3.63, 3.8) is 0 Å². The van der Waals surface area contributed by atoms with E-state index in [9.17, 15) is 80.7 Å². The number of rotatable bonds is 28. The van der Waals surface area contributed by atoms with Crippen LogP contribution >= 0.6 is 8.53 Å². The van der Waals surface area contributed by atoms with Crippen molar-refractivity contribution >= 4 is 20.3 Å². The fraction of sp³-hybridized carbons (Fsp3) is 0.464. The number of carbonyl (C=O) groups excluding carboxylic acids is 1. The zero-order valence-electron chi connectivity index (χ0n) is 46.5. The SMILES string of the molecule is COc1ccc(C(OC[C@H]2O[C@@H](n3ccc(NC(=O)c4ccccc4)nc3=O)C[C@@H]2OP(OCCC#N)N(C(C)C)C(C)C)(c2ccc(CCC(F)(F)C(F)(F)C(F)(F)C(F)(F)C(F)(F)C(F)(F)C(F)(F)C(F)(F)F)cc2)c2ccc(OC)cc2)cc1. The van der Waals surface area contributed by atoms with E-state index in [-0.39, 0.29) is 59.6 Å². The van der Waals surface area contributed by atoms with Crippen molar-refractivity contribution in [1.29, 1.82) is 5.26 Å². The Morgan fingerprint density at radius 1 is 0.701 bits per heavy atom. The van der Waals surface area contributed by atoms with Crippen molar-refractivity contribution in [2.24, 2.45) is 0 Å². The molecule has 31 heteroatoms. The van der Waals surface area contributed by atoms with E-state index in [1.165, 1.54) is 87.1 Å². The number of carbonyl (C=O) groups is 1. The topological polar surface area (TPSA) is 146 Å². The number of nitrogens with one attached hydrogen (secondary N) is 1. The van der Waals surface area contributed by atoms with Crippen LogP contribution in [0.25, 0.3) is 0 Å². The standard InChI is InChI=1S/C56H55F17N5O8P/c1-33(2)78(34(3)4)87(84-30-10-28-74)86-42-31-45(77-29-26-44(76-47(77)80)75-46(79)36-11-8-7-9-12-36)85-43(42)32-83-49(38-17-21-40(81-5)22-18-38,39-19-23-41(82-6)24-20-39)37-15-13-35(14-16-37)25-27-48(57,58)50(59,60)51(61,62)52(63,64)53(65,66)54(67,68)55(69,70)56(71,72)73/h7-9,11-24,26,29,33-34,42-43,45H,10,25,27,30-32H2,1-6H3,(H,75,76,79,80)/t42-,43+,45+,87?/m0/s1. The Morgan fingerprint density at radius 2 is 1.18 bits per heavy atom. The summed E-state index contributed by atoms with van der Waals surface area (Å²) in [5, 5.41) is 12.0. The molecule has 1 N–H and O–H groups in total. The minimum Gasteiger partial charge on any atom is -0.497 e. The smallest absolute Gasteiger partial charge is 0.460 e. The molecule has 13 nitrogen and oxygen atoms in total. The van der Waals surface area contributed by atoms with Crippen molar-refractivity contribution in [2.45, 2.75) is 137 Å². The van der Waals surface area contributed by atoms with E-state index in [1.54, 1.807) is 18.2 Å². The fourth-order valence-electron chi connectivity index (χ4n) is 9.19. The number of ether oxygens (including phenoxy) is 4. The van der Waals surface area contributed by atoms with Crippen LogP contribution in [-0.4, -0.2) is 119 Å². The van der Waals surface area contributed by atoms with Gasteiger partial charge in [-0.3, -0.25) is 9.36 Å². The van der Waals surface area contributed by atoms with Crippen LogP contribution in [-0.2, 0) is 30.5 Å². The first-order valence-electron chi connectivity index (χ1n) is 26.0. The molecule has 1 saturated heterocycles. The van der Waals surface area contributed by atoms with Gasteiger partial charge in [0.2, 0.25) is 0 Å². The molecule has 0 radical (unpaired) electrons. The summed E-state index contributed by atoms with van der Waals surface area (Å²) < 4.78 is 281. The Balaban J connectivity index is 1.41. The maximum absolute atomic E-state index is 15.2. The summed E-state index contributed by atoms with van der Waals surface area (Å²) in [6.07, 6.45) is -14.4. The molecule has 6 rings (SSSR count). The molecule has 4 atom stereocenters. The fourth-order valence-corrected chi connectivity index (χ4v) is 10.9. The van der Waals surface area contributed by atoms with Crippen LogP contribution < -0.4 is 20.5 Å². The number of nitrogens with zero attached hydrogens (tertiary/aromatic N) is 4. The van der Waals surface area contributed by atoms with E-state index in [0.29, 0.717) is 11.5 Å². The predicted molar refractivity (Wildman–Crippen MR) is 279 cm³/mol. The van der Waals surface area contributed by atoms with Crippen LogP contribution in [0.2, 0.25) is 0 Å². The second kappa shape index (κ2) is 26.6. The molecule has 87 heavy (non-hydrogen) atoms. The number of anilines is 1. The molecule has 0 spiro atoms. The summed E-state index contributed by atoms with van der Waals surface area (Å²) in [6.45, 7) is 6.88. The summed E-state index contributed by atoms with van der Waals surface area (Å²) in [7, 11) is 0.639. The van der Waals surface area contributed by atoms with E-state index in [1.807, 2.05) is 38.4 Å². The molecule has 2 heterocycles. The largest absolute Gasteiger partial charge is 0.497 e. The zero-order chi connectivity index (χ0) is 64.9. The monoisotopic (exact) mass is 1280 g/mol. The number of aryl methyl sites for hydroxylation is 1. The van der Waals surface area contributed by atoms with Crippen LogP contribution in [0.3, 0.4) is 0 Å². The van der Waals surface area contributed by atoms with Crippen molar-refractivity contribution in [2.75, 3.05) is 32.8 Å². The van der Waals surface area contributed by atoms with E-state index < -0.39 is 117 Å². The first kappa shape index (κ1) is 69.5. The summed E-state index contributed by atoms with van der Waals surface area (Å²) in [4.78, 5) is 30.8. The lowest BCUT2D eigenvalue weighted by molar-refractivity contribution is -0.461. The van der Waals surface area contributed by atoms with Gasteiger partial charge in [-0.15, -0.1) is 0 Å². The maximum Gasteiger partial charge on any atom is 0.460 e. The minimum atomic E-state index is -8.76. The second-order valence-electron chi connectivity index (χ2n) is 20.2. The highest BCUT2D eigenvalue weighted by Crippen LogP contribution is 2.64. The van der Waals surface area contributed by atoms with Crippen molar-refractivity contribution < 1.29 is 107 Å². The molecule has 1 fully saturated rings. The Hall–Kier alpha value is -6.64. The van der Waals surface area contributed by atoms with Gasteiger partial charge in [-0.05, 0) is 98.8 Å². The third-order valence-electron chi connectivity index (χ3n) is 13.8. The molecule has 1 aliphatic heterocycles. The highest BCUT2D eigenvalue weighted by molar-refractivity contribution is 7.44. The molecule has 0 saturated carbocycles. The Labute approximate surface area is 487 Å². The quantitative estimate of drug-likeness (QED) is 0.0221. The van der Waals surface area contributed by atoms with Crippen molar-refractivity contribution in [1.82, 2.24) is 14.2 Å². The summed E-state index contributed by atoms with van der Waals surface area (Å²) in [5.74, 6) is -57.4. The van der Waals surface area contributed by atoms with Crippen molar-refractivity contribution in [3.05, 3.63) is 154 Å². The second-order valence-corrected chi connectivity index (χ2v) is 21.6. The van der Waals surface area contributed by atoms with Crippen LogP contribution in [0.4, 0.5) is 80.5 Å². The predicted octanol–water partition coefficient (Wildman–Crippen LogP) is 14.4. The first-order valence-corrected chi connectivity index (χ1v) is 27.1. The summed E-state index contributed by atoms with van der Waals surface area (Å²) in [6, 6.07) is 27.2. The lowest BCUT2D eigenvalue weighted by atomic mass is 9.79. The van der Waals surface area contributed by atoms with Gasteiger partial charge in [-0.2, -0.15) is 84.9 Å². The molecule has 0 aliphatic carbocycles. The molecule has 4 aromatic carbocycles. The van der Waals surface area contributed by atoms with Gasteiger partial charge < -0.3 is 33.3 Å². The lowest BCUT2D eigenvalue weighted by Gasteiger charge is -2.42. The highest BCUT2D eigenvalue weighted by Gasteiger charge is 2.95. The molecule has 1 aromatic heterocycles.